The number of hydrogen-bond acceptors (Lipinski definition) is 3. The van der Waals surface area contributed by atoms with Crippen molar-refractivity contribution in [2.75, 3.05) is 33.4 Å². The first kappa shape index (κ1) is 15.3. The van der Waals surface area contributed by atoms with Gasteiger partial charge in [0.05, 0.1) is 6.61 Å². The zero-order valence-corrected chi connectivity index (χ0v) is 13.0. The monoisotopic (exact) mass is 268 g/mol. The van der Waals surface area contributed by atoms with Crippen LogP contribution in [0.5, 0.6) is 0 Å². The van der Waals surface area contributed by atoms with Gasteiger partial charge in [0.2, 0.25) is 0 Å². The lowest BCUT2D eigenvalue weighted by Crippen LogP contribution is -2.49. The zero-order chi connectivity index (χ0) is 13.7. The molecule has 2 aliphatic rings. The van der Waals surface area contributed by atoms with Crippen molar-refractivity contribution < 1.29 is 4.74 Å². The van der Waals surface area contributed by atoms with Crippen LogP contribution in [0.4, 0.5) is 0 Å². The minimum atomic E-state index is 0.567. The van der Waals surface area contributed by atoms with Crippen molar-refractivity contribution in [1.82, 2.24) is 10.2 Å². The van der Waals surface area contributed by atoms with Crippen molar-refractivity contribution in [2.24, 2.45) is 11.8 Å². The standard InChI is InChI=1S/C16H32N2O/c1-13(2)10-17-11-15(12-19-3)18-9-8-14-6-4-5-7-16(14)18/h13-17H,4-12H2,1-3H3. The Balaban J connectivity index is 1.86. The molecular formula is C16H32N2O. The zero-order valence-electron chi connectivity index (χ0n) is 13.0. The second-order valence-electron chi connectivity index (χ2n) is 6.80. The van der Waals surface area contributed by atoms with Crippen molar-refractivity contribution in [3.8, 4) is 0 Å². The van der Waals surface area contributed by atoms with E-state index in [1.807, 2.05) is 7.11 Å². The smallest absolute Gasteiger partial charge is 0.0630 e. The predicted molar refractivity (Wildman–Crippen MR) is 80.4 cm³/mol. The molecule has 1 saturated heterocycles. The fourth-order valence-electron chi connectivity index (χ4n) is 3.90. The summed E-state index contributed by atoms with van der Waals surface area (Å²) in [6, 6.07) is 1.41. The van der Waals surface area contributed by atoms with Crippen LogP contribution in [0.2, 0.25) is 0 Å². The topological polar surface area (TPSA) is 24.5 Å². The van der Waals surface area contributed by atoms with Gasteiger partial charge in [0, 0.05) is 25.7 Å². The first-order valence-corrected chi connectivity index (χ1v) is 8.17. The molecular weight excluding hydrogens is 236 g/mol. The SMILES string of the molecule is COCC(CNCC(C)C)N1CCC2CCCCC21. The lowest BCUT2D eigenvalue weighted by molar-refractivity contribution is 0.0640. The molecule has 112 valence electrons. The van der Waals surface area contributed by atoms with Crippen LogP contribution in [0.25, 0.3) is 0 Å². The van der Waals surface area contributed by atoms with E-state index in [2.05, 4.69) is 24.1 Å². The Morgan fingerprint density at radius 1 is 1.16 bits per heavy atom. The second-order valence-corrected chi connectivity index (χ2v) is 6.80. The predicted octanol–water partition coefficient (Wildman–Crippen LogP) is 2.51. The van der Waals surface area contributed by atoms with Gasteiger partial charge in [0.1, 0.15) is 0 Å². The number of nitrogens with zero attached hydrogens (tertiary/aromatic N) is 1. The second kappa shape index (κ2) is 7.61. The van der Waals surface area contributed by atoms with E-state index in [1.54, 1.807) is 0 Å². The largest absolute Gasteiger partial charge is 0.383 e. The molecule has 0 radical (unpaired) electrons. The number of fused-ring (bicyclic) bond motifs is 1. The molecule has 1 saturated carbocycles. The van der Waals surface area contributed by atoms with Crippen molar-refractivity contribution in [3.63, 3.8) is 0 Å². The van der Waals surface area contributed by atoms with Crippen LogP contribution in [0.3, 0.4) is 0 Å². The van der Waals surface area contributed by atoms with Crippen LogP contribution in [-0.2, 0) is 4.74 Å². The van der Waals surface area contributed by atoms with Crippen LogP contribution < -0.4 is 5.32 Å². The Hall–Kier alpha value is -0.120. The lowest BCUT2D eigenvalue weighted by Gasteiger charge is -2.37. The Morgan fingerprint density at radius 3 is 2.68 bits per heavy atom. The van der Waals surface area contributed by atoms with E-state index in [-0.39, 0.29) is 0 Å². The molecule has 1 heterocycles. The molecule has 3 heteroatoms. The average Bonchev–Trinajstić information content (AvgIpc) is 2.81. The van der Waals surface area contributed by atoms with Crippen LogP contribution in [-0.4, -0.2) is 50.3 Å². The van der Waals surface area contributed by atoms with Gasteiger partial charge in [-0.05, 0) is 44.2 Å². The van der Waals surface area contributed by atoms with Gasteiger partial charge in [0.15, 0.2) is 0 Å². The van der Waals surface area contributed by atoms with E-state index in [1.165, 1.54) is 38.6 Å². The molecule has 19 heavy (non-hydrogen) atoms. The van der Waals surface area contributed by atoms with Crippen molar-refractivity contribution >= 4 is 0 Å². The summed E-state index contributed by atoms with van der Waals surface area (Å²) in [6.07, 6.45) is 7.16. The van der Waals surface area contributed by atoms with Gasteiger partial charge in [-0.1, -0.05) is 26.7 Å². The van der Waals surface area contributed by atoms with Crippen molar-refractivity contribution in [1.29, 1.82) is 0 Å². The quantitative estimate of drug-likeness (QED) is 0.768. The molecule has 2 fully saturated rings. The van der Waals surface area contributed by atoms with E-state index in [4.69, 9.17) is 4.74 Å². The summed E-state index contributed by atoms with van der Waals surface area (Å²) < 4.78 is 5.47. The summed E-state index contributed by atoms with van der Waals surface area (Å²) in [5.41, 5.74) is 0. The van der Waals surface area contributed by atoms with Gasteiger partial charge >= 0.3 is 0 Å². The molecule has 3 unspecified atom stereocenters. The molecule has 1 aliphatic heterocycles. The number of likely N-dealkylation sites (tertiary alicyclic amines) is 1. The maximum Gasteiger partial charge on any atom is 0.0630 e. The van der Waals surface area contributed by atoms with Gasteiger partial charge in [-0.25, -0.2) is 0 Å². The number of nitrogens with one attached hydrogen (secondary N) is 1. The summed E-state index contributed by atoms with van der Waals surface area (Å²) >= 11 is 0. The van der Waals surface area contributed by atoms with Crippen LogP contribution in [0.1, 0.15) is 46.0 Å². The van der Waals surface area contributed by atoms with E-state index in [0.717, 1.165) is 37.6 Å². The van der Waals surface area contributed by atoms with Gasteiger partial charge in [-0.2, -0.15) is 0 Å². The summed E-state index contributed by atoms with van der Waals surface area (Å²) in [5.74, 6) is 1.70. The van der Waals surface area contributed by atoms with Crippen molar-refractivity contribution in [3.05, 3.63) is 0 Å². The molecule has 1 N–H and O–H groups in total. The highest BCUT2D eigenvalue weighted by atomic mass is 16.5. The normalized spacial score (nSPS) is 29.7. The number of methoxy groups -OCH3 is 1. The highest BCUT2D eigenvalue weighted by Crippen LogP contribution is 2.37. The molecule has 3 atom stereocenters. The van der Waals surface area contributed by atoms with Gasteiger partial charge in [0.25, 0.3) is 0 Å². The third-order valence-corrected chi connectivity index (χ3v) is 4.81. The first-order chi connectivity index (χ1) is 9.22. The van der Waals surface area contributed by atoms with Gasteiger partial charge < -0.3 is 10.1 Å². The van der Waals surface area contributed by atoms with Gasteiger partial charge in [-0.3, -0.25) is 4.90 Å². The highest BCUT2D eigenvalue weighted by Gasteiger charge is 2.38. The molecule has 0 aromatic carbocycles. The molecule has 0 aromatic heterocycles. The number of rotatable bonds is 7. The van der Waals surface area contributed by atoms with E-state index in [0.29, 0.717) is 6.04 Å². The van der Waals surface area contributed by atoms with E-state index < -0.39 is 0 Å². The van der Waals surface area contributed by atoms with Crippen molar-refractivity contribution in [2.45, 2.75) is 58.0 Å². The maximum absolute atomic E-state index is 5.47. The van der Waals surface area contributed by atoms with E-state index in [9.17, 15) is 0 Å². The Morgan fingerprint density at radius 2 is 1.95 bits per heavy atom. The maximum atomic E-state index is 5.47. The summed E-state index contributed by atoms with van der Waals surface area (Å²) in [4.78, 5) is 2.75. The molecule has 0 bridgehead atoms. The summed E-state index contributed by atoms with van der Waals surface area (Å²) in [7, 11) is 1.84. The third-order valence-electron chi connectivity index (χ3n) is 4.81. The Labute approximate surface area is 119 Å². The summed E-state index contributed by atoms with van der Waals surface area (Å²) in [6.45, 7) is 8.88. The minimum Gasteiger partial charge on any atom is -0.383 e. The van der Waals surface area contributed by atoms with Crippen LogP contribution in [0, 0.1) is 11.8 Å². The number of ether oxygens (including phenoxy) is 1. The Bertz CT molecular complexity index is 257. The van der Waals surface area contributed by atoms with Crippen LogP contribution >= 0.6 is 0 Å². The fourth-order valence-corrected chi connectivity index (χ4v) is 3.90. The Kier molecular flexibility index (Phi) is 6.11. The molecule has 0 aromatic rings. The van der Waals surface area contributed by atoms with Crippen LogP contribution in [0.15, 0.2) is 0 Å². The first-order valence-electron chi connectivity index (χ1n) is 8.17. The molecule has 2 rings (SSSR count). The molecule has 0 spiro atoms. The lowest BCUT2D eigenvalue weighted by atomic mass is 9.85. The van der Waals surface area contributed by atoms with E-state index >= 15 is 0 Å². The molecule has 0 amide bonds. The fraction of sp³-hybridized carbons (Fsp3) is 1.00. The number of hydrogen-bond donors (Lipinski definition) is 1. The molecule has 1 aliphatic carbocycles. The minimum absolute atomic E-state index is 0.567. The highest BCUT2D eigenvalue weighted by molar-refractivity contribution is 4.93. The summed E-state index contributed by atoms with van der Waals surface area (Å²) in [5, 5.41) is 3.62. The van der Waals surface area contributed by atoms with Gasteiger partial charge in [-0.15, -0.1) is 0 Å². The third kappa shape index (κ3) is 4.17. The molecule has 3 nitrogen and oxygen atoms in total. The average molecular weight is 268 g/mol.